The molecular formula is C9H17ClO2S. The smallest absolute Gasteiger partial charge is 0.212 e. The van der Waals surface area contributed by atoms with E-state index >= 15 is 0 Å². The molecular weight excluding hydrogens is 208 g/mol. The van der Waals surface area contributed by atoms with Crippen molar-refractivity contribution in [2.24, 2.45) is 5.92 Å². The molecule has 2 unspecified atom stereocenters. The van der Waals surface area contributed by atoms with Crippen LogP contribution in [0.25, 0.3) is 0 Å². The number of halogens is 1. The van der Waals surface area contributed by atoms with Crippen LogP contribution in [-0.2, 0) is 9.05 Å². The molecule has 78 valence electrons. The van der Waals surface area contributed by atoms with E-state index in [0.717, 1.165) is 32.1 Å². The van der Waals surface area contributed by atoms with Crippen molar-refractivity contribution in [3.63, 3.8) is 0 Å². The molecule has 2 nitrogen and oxygen atoms in total. The summed E-state index contributed by atoms with van der Waals surface area (Å²) in [7, 11) is 2.04. The highest BCUT2D eigenvalue weighted by atomic mass is 35.7. The third kappa shape index (κ3) is 3.47. The molecule has 4 heteroatoms. The normalized spacial score (nSPS) is 31.2. The van der Waals surface area contributed by atoms with Gasteiger partial charge in [-0.1, -0.05) is 26.2 Å². The lowest BCUT2D eigenvalue weighted by atomic mass is 9.98. The van der Waals surface area contributed by atoms with Crippen LogP contribution in [0, 0.1) is 5.92 Å². The van der Waals surface area contributed by atoms with Crippen molar-refractivity contribution < 1.29 is 8.42 Å². The van der Waals surface area contributed by atoms with Crippen molar-refractivity contribution in [3.8, 4) is 0 Å². The highest BCUT2D eigenvalue weighted by molar-refractivity contribution is 8.14. The molecule has 0 aromatic heterocycles. The van der Waals surface area contributed by atoms with Crippen LogP contribution in [0.4, 0.5) is 0 Å². The van der Waals surface area contributed by atoms with Crippen LogP contribution in [0.5, 0.6) is 0 Å². The van der Waals surface area contributed by atoms with E-state index in [1.54, 1.807) is 0 Å². The molecule has 1 saturated carbocycles. The van der Waals surface area contributed by atoms with E-state index in [1.165, 1.54) is 6.42 Å². The van der Waals surface area contributed by atoms with Gasteiger partial charge >= 0.3 is 0 Å². The highest BCUT2D eigenvalue weighted by Gasteiger charge is 2.26. The lowest BCUT2D eigenvalue weighted by Crippen LogP contribution is -2.14. The zero-order valence-corrected chi connectivity index (χ0v) is 9.57. The topological polar surface area (TPSA) is 34.1 Å². The molecule has 0 aromatic rings. The number of hydrogen-bond acceptors (Lipinski definition) is 2. The van der Waals surface area contributed by atoms with Gasteiger partial charge in [0.15, 0.2) is 0 Å². The molecule has 0 aliphatic heterocycles. The summed E-state index contributed by atoms with van der Waals surface area (Å²) in [6, 6.07) is 0. The monoisotopic (exact) mass is 224 g/mol. The minimum absolute atomic E-state index is 0.286. The van der Waals surface area contributed by atoms with Crippen LogP contribution < -0.4 is 0 Å². The van der Waals surface area contributed by atoms with Gasteiger partial charge in [-0.05, 0) is 25.2 Å². The SMILES string of the molecule is CCC1CCCC(S(=O)(=O)Cl)CC1. The fourth-order valence-electron chi connectivity index (χ4n) is 2.03. The summed E-state index contributed by atoms with van der Waals surface area (Å²) in [5.41, 5.74) is 0. The summed E-state index contributed by atoms with van der Waals surface area (Å²) in [6.07, 6.45) is 5.86. The van der Waals surface area contributed by atoms with Crippen molar-refractivity contribution in [1.82, 2.24) is 0 Å². The largest absolute Gasteiger partial charge is 0.235 e. The van der Waals surface area contributed by atoms with Crippen LogP contribution in [-0.4, -0.2) is 13.7 Å². The van der Waals surface area contributed by atoms with E-state index in [-0.39, 0.29) is 5.25 Å². The average Bonchev–Trinajstić information content (AvgIpc) is 2.26. The summed E-state index contributed by atoms with van der Waals surface area (Å²) in [4.78, 5) is 0. The van der Waals surface area contributed by atoms with Crippen LogP contribution in [0.1, 0.15) is 45.4 Å². The van der Waals surface area contributed by atoms with Crippen molar-refractivity contribution in [2.75, 3.05) is 0 Å². The van der Waals surface area contributed by atoms with Gasteiger partial charge in [-0.2, -0.15) is 0 Å². The molecule has 0 bridgehead atoms. The Morgan fingerprint density at radius 1 is 1.23 bits per heavy atom. The molecule has 0 saturated heterocycles. The quantitative estimate of drug-likeness (QED) is 0.534. The lowest BCUT2D eigenvalue weighted by molar-refractivity contribution is 0.446. The molecule has 0 aromatic carbocycles. The average molecular weight is 225 g/mol. The molecule has 13 heavy (non-hydrogen) atoms. The molecule has 0 N–H and O–H groups in total. The summed E-state index contributed by atoms with van der Waals surface area (Å²) < 4.78 is 22.2. The second-order valence-electron chi connectivity index (χ2n) is 3.88. The molecule has 0 spiro atoms. The predicted octanol–water partition coefficient (Wildman–Crippen LogP) is 2.91. The summed E-state index contributed by atoms with van der Waals surface area (Å²) >= 11 is 0. The fraction of sp³-hybridized carbons (Fsp3) is 1.00. The van der Waals surface area contributed by atoms with E-state index in [9.17, 15) is 8.42 Å². The second-order valence-corrected chi connectivity index (χ2v) is 6.79. The molecule has 0 radical (unpaired) electrons. The predicted molar refractivity (Wildman–Crippen MR) is 55.4 cm³/mol. The maximum atomic E-state index is 11.1. The van der Waals surface area contributed by atoms with Crippen LogP contribution >= 0.6 is 10.7 Å². The van der Waals surface area contributed by atoms with E-state index in [4.69, 9.17) is 10.7 Å². The van der Waals surface area contributed by atoms with Gasteiger partial charge in [0.2, 0.25) is 9.05 Å². The highest BCUT2D eigenvalue weighted by Crippen LogP contribution is 2.30. The summed E-state index contributed by atoms with van der Waals surface area (Å²) in [6.45, 7) is 2.17. The van der Waals surface area contributed by atoms with Crippen molar-refractivity contribution in [3.05, 3.63) is 0 Å². The standard InChI is InChI=1S/C9H17ClO2S/c1-2-8-4-3-5-9(7-6-8)13(10,11)12/h8-9H,2-7H2,1H3. The van der Waals surface area contributed by atoms with Gasteiger partial charge in [-0.15, -0.1) is 0 Å². The zero-order chi connectivity index (χ0) is 9.90. The van der Waals surface area contributed by atoms with E-state index in [2.05, 4.69) is 6.92 Å². The van der Waals surface area contributed by atoms with Crippen molar-refractivity contribution >= 4 is 19.7 Å². The summed E-state index contributed by atoms with van der Waals surface area (Å²) in [5, 5.41) is -0.286. The van der Waals surface area contributed by atoms with Gasteiger partial charge in [0.1, 0.15) is 0 Å². The lowest BCUT2D eigenvalue weighted by Gasteiger charge is -2.10. The summed E-state index contributed by atoms with van der Waals surface area (Å²) in [5.74, 6) is 0.711. The molecule has 1 rings (SSSR count). The van der Waals surface area contributed by atoms with Crippen LogP contribution in [0.3, 0.4) is 0 Å². The Morgan fingerprint density at radius 2 is 1.92 bits per heavy atom. The minimum atomic E-state index is -3.31. The molecule has 0 amide bonds. The molecule has 1 aliphatic carbocycles. The van der Waals surface area contributed by atoms with Gasteiger partial charge in [-0.3, -0.25) is 0 Å². The van der Waals surface area contributed by atoms with Crippen molar-refractivity contribution in [1.29, 1.82) is 0 Å². The van der Waals surface area contributed by atoms with Gasteiger partial charge in [0, 0.05) is 10.7 Å². The second kappa shape index (κ2) is 4.65. The van der Waals surface area contributed by atoms with Gasteiger partial charge in [0.25, 0.3) is 0 Å². The Labute approximate surface area is 85.1 Å². The first kappa shape index (κ1) is 11.3. The maximum Gasteiger partial charge on any atom is 0.235 e. The maximum absolute atomic E-state index is 11.1. The number of hydrogen-bond donors (Lipinski definition) is 0. The Kier molecular flexibility index (Phi) is 4.05. The Morgan fingerprint density at radius 3 is 2.46 bits per heavy atom. The van der Waals surface area contributed by atoms with E-state index in [0.29, 0.717) is 5.92 Å². The first-order chi connectivity index (χ1) is 6.04. The number of rotatable bonds is 2. The molecule has 0 heterocycles. The van der Waals surface area contributed by atoms with E-state index in [1.807, 2.05) is 0 Å². The third-order valence-corrected chi connectivity index (χ3v) is 5.03. The molecule has 1 fully saturated rings. The van der Waals surface area contributed by atoms with Crippen LogP contribution in [0.2, 0.25) is 0 Å². The molecule has 2 atom stereocenters. The zero-order valence-electron chi connectivity index (χ0n) is 8.00. The minimum Gasteiger partial charge on any atom is -0.212 e. The first-order valence-corrected chi connectivity index (χ1v) is 7.34. The van der Waals surface area contributed by atoms with Gasteiger partial charge in [-0.25, -0.2) is 8.42 Å². The first-order valence-electron chi connectivity index (χ1n) is 4.97. The third-order valence-electron chi connectivity index (χ3n) is 3.01. The Bertz CT molecular complexity index is 248. The Balaban J connectivity index is 2.55. The van der Waals surface area contributed by atoms with Gasteiger partial charge in [0.05, 0.1) is 5.25 Å². The van der Waals surface area contributed by atoms with Crippen molar-refractivity contribution in [2.45, 2.75) is 50.7 Å². The fourth-order valence-corrected chi connectivity index (χ4v) is 3.43. The van der Waals surface area contributed by atoms with E-state index < -0.39 is 9.05 Å². The molecule has 1 aliphatic rings. The van der Waals surface area contributed by atoms with Gasteiger partial charge < -0.3 is 0 Å². The van der Waals surface area contributed by atoms with Crippen LogP contribution in [0.15, 0.2) is 0 Å². The Hall–Kier alpha value is 0.240.